The van der Waals surface area contributed by atoms with Gasteiger partial charge in [-0.15, -0.1) is 11.3 Å². The Balaban J connectivity index is 1.24. The topological polar surface area (TPSA) is 128 Å². The summed E-state index contributed by atoms with van der Waals surface area (Å²) in [5, 5.41) is 13.4. The van der Waals surface area contributed by atoms with Crippen LogP contribution in [0.15, 0.2) is 41.4 Å². The van der Waals surface area contributed by atoms with Gasteiger partial charge in [-0.1, -0.05) is 13.8 Å². The lowest BCUT2D eigenvalue weighted by Crippen LogP contribution is -2.47. The minimum absolute atomic E-state index is 0.181. The molecule has 42 heavy (non-hydrogen) atoms. The van der Waals surface area contributed by atoms with Crippen LogP contribution in [0, 0.1) is 13.8 Å². The first-order valence-electron chi connectivity index (χ1n) is 14.3. The van der Waals surface area contributed by atoms with Gasteiger partial charge in [-0.2, -0.15) is 9.29 Å². The summed E-state index contributed by atoms with van der Waals surface area (Å²) in [6.45, 7) is 11.1. The quantitative estimate of drug-likeness (QED) is 0.274. The van der Waals surface area contributed by atoms with Crippen molar-refractivity contribution in [2.75, 3.05) is 49.5 Å². The Bertz CT molecular complexity index is 1720. The Kier molecular flexibility index (Phi) is 7.87. The number of rotatable bonds is 10. The summed E-state index contributed by atoms with van der Waals surface area (Å²) < 4.78 is 28.8. The zero-order chi connectivity index (χ0) is 29.6. The minimum atomic E-state index is -3.59. The first-order valence-corrected chi connectivity index (χ1v) is 16.6. The molecule has 2 N–H and O–H groups in total. The molecule has 2 atom stereocenters. The largest absolute Gasteiger partial charge is 0.395 e. The van der Waals surface area contributed by atoms with Crippen LogP contribution in [0.4, 0.5) is 17.6 Å². The lowest BCUT2D eigenvalue weighted by atomic mass is 10.1. The van der Waals surface area contributed by atoms with Crippen LogP contribution >= 0.6 is 11.3 Å². The summed E-state index contributed by atoms with van der Waals surface area (Å²) in [4.78, 5) is 23.9. The number of hydrogen-bond donors (Lipinski definition) is 2. The second-order valence-electron chi connectivity index (χ2n) is 10.9. The van der Waals surface area contributed by atoms with Crippen molar-refractivity contribution in [3.63, 3.8) is 0 Å². The van der Waals surface area contributed by atoms with Crippen molar-refractivity contribution in [2.24, 2.45) is 0 Å². The van der Waals surface area contributed by atoms with E-state index < -0.39 is 10.0 Å². The monoisotopic (exact) mass is 608 g/mol. The Hall–Kier alpha value is -3.23. The molecule has 1 aromatic carbocycles. The number of likely N-dealkylation sites (tertiary alicyclic amines) is 1. The Morgan fingerprint density at radius 3 is 2.55 bits per heavy atom. The minimum Gasteiger partial charge on any atom is -0.395 e. The molecule has 0 spiro atoms. The van der Waals surface area contributed by atoms with E-state index in [9.17, 15) is 13.5 Å². The maximum atomic E-state index is 13.2. The molecule has 3 aromatic heterocycles. The van der Waals surface area contributed by atoms with Crippen molar-refractivity contribution in [2.45, 2.75) is 51.1 Å². The van der Waals surface area contributed by atoms with E-state index in [1.165, 1.54) is 15.6 Å². The Labute approximate surface area is 250 Å². The summed E-state index contributed by atoms with van der Waals surface area (Å²) >= 11 is 1.48. The van der Waals surface area contributed by atoms with Crippen molar-refractivity contribution in [1.29, 1.82) is 0 Å². The van der Waals surface area contributed by atoms with E-state index in [1.807, 2.05) is 45.9 Å². The van der Waals surface area contributed by atoms with Gasteiger partial charge >= 0.3 is 0 Å². The summed E-state index contributed by atoms with van der Waals surface area (Å²) in [6, 6.07) is 9.95. The van der Waals surface area contributed by atoms with Gasteiger partial charge in [0.2, 0.25) is 16.0 Å². The second-order valence-corrected chi connectivity index (χ2v) is 13.9. The number of fused-ring (bicyclic) bond motifs is 3. The van der Waals surface area contributed by atoms with Gasteiger partial charge in [0.1, 0.15) is 16.6 Å². The average Bonchev–Trinajstić information content (AvgIpc) is 3.67. The van der Waals surface area contributed by atoms with E-state index in [0.717, 1.165) is 51.6 Å². The molecule has 2 saturated heterocycles. The van der Waals surface area contributed by atoms with Crippen molar-refractivity contribution in [1.82, 2.24) is 29.1 Å². The van der Waals surface area contributed by atoms with E-state index in [2.05, 4.69) is 20.1 Å². The average molecular weight is 609 g/mol. The maximum absolute atomic E-state index is 13.2. The van der Waals surface area contributed by atoms with Crippen molar-refractivity contribution in [3.8, 4) is 10.6 Å². The number of benzene rings is 1. The van der Waals surface area contributed by atoms with Crippen molar-refractivity contribution < 1.29 is 13.5 Å². The molecule has 4 aromatic rings. The predicted octanol–water partition coefficient (Wildman–Crippen LogP) is 3.79. The van der Waals surface area contributed by atoms with Gasteiger partial charge in [0.15, 0.2) is 0 Å². The number of thiazole rings is 1. The summed E-state index contributed by atoms with van der Waals surface area (Å²) in [5.41, 5.74) is 3.27. The molecule has 6 rings (SSSR count). The molecule has 0 unspecified atom stereocenters. The SMILES string of the molecule is CCN(CC)S(=O)(=O)c1cc(C)cc(-c2nc3cc(Nc4cc(C)nc(N5C[C@@H]6C[C@H]5CN6CCO)n4)ncc3s2)c1. The van der Waals surface area contributed by atoms with Crippen LogP contribution in [-0.4, -0.2) is 94.1 Å². The number of aliphatic hydroxyl groups is 1. The van der Waals surface area contributed by atoms with Crippen LogP contribution in [0.3, 0.4) is 0 Å². The van der Waals surface area contributed by atoms with E-state index in [-0.39, 0.29) is 11.5 Å². The van der Waals surface area contributed by atoms with Crippen LogP contribution < -0.4 is 10.2 Å². The fourth-order valence-electron chi connectivity index (χ4n) is 6.03. The molecule has 11 nitrogen and oxygen atoms in total. The fourth-order valence-corrected chi connectivity index (χ4v) is 8.52. The van der Waals surface area contributed by atoms with Crippen LogP contribution in [0.2, 0.25) is 0 Å². The summed E-state index contributed by atoms with van der Waals surface area (Å²) in [5.74, 6) is 2.00. The lowest BCUT2D eigenvalue weighted by molar-refractivity contribution is 0.176. The molecule has 222 valence electrons. The molecule has 2 aliphatic heterocycles. The highest BCUT2D eigenvalue weighted by atomic mass is 32.2. The van der Waals surface area contributed by atoms with Crippen LogP contribution in [0.25, 0.3) is 20.8 Å². The maximum Gasteiger partial charge on any atom is 0.243 e. The number of β-amino-alcohol motifs (C(OH)–C–C–N with tert-alkyl or cyclic N) is 1. The number of anilines is 3. The van der Waals surface area contributed by atoms with Crippen LogP contribution in [0.5, 0.6) is 0 Å². The molecule has 2 bridgehead atoms. The lowest BCUT2D eigenvalue weighted by Gasteiger charge is -2.34. The zero-order valence-corrected chi connectivity index (χ0v) is 25.9. The first-order chi connectivity index (χ1) is 20.2. The summed E-state index contributed by atoms with van der Waals surface area (Å²) in [7, 11) is -3.59. The van der Waals surface area contributed by atoms with Gasteiger partial charge in [0.25, 0.3) is 0 Å². The normalized spacial score (nSPS) is 19.0. The predicted molar refractivity (Wildman–Crippen MR) is 166 cm³/mol. The Morgan fingerprint density at radius 2 is 1.83 bits per heavy atom. The highest BCUT2D eigenvalue weighted by Crippen LogP contribution is 2.35. The van der Waals surface area contributed by atoms with E-state index in [1.54, 1.807) is 18.3 Å². The van der Waals surface area contributed by atoms with E-state index in [0.29, 0.717) is 49.3 Å². The third-order valence-electron chi connectivity index (χ3n) is 8.01. The molecule has 2 fully saturated rings. The summed E-state index contributed by atoms with van der Waals surface area (Å²) in [6.07, 6.45) is 2.85. The van der Waals surface area contributed by atoms with Gasteiger partial charge in [-0.05, 0) is 44.0 Å². The molecule has 0 amide bonds. The van der Waals surface area contributed by atoms with Gasteiger partial charge < -0.3 is 15.3 Å². The fraction of sp³-hybridized carbons (Fsp3) is 0.448. The molecule has 0 saturated carbocycles. The third kappa shape index (κ3) is 5.47. The number of aromatic nitrogens is 4. The van der Waals surface area contributed by atoms with Crippen molar-refractivity contribution >= 4 is 49.2 Å². The van der Waals surface area contributed by atoms with Gasteiger partial charge in [-0.3, -0.25) is 4.90 Å². The number of nitrogens with one attached hydrogen (secondary N) is 1. The van der Waals surface area contributed by atoms with E-state index >= 15 is 0 Å². The van der Waals surface area contributed by atoms with Crippen molar-refractivity contribution in [3.05, 3.63) is 47.8 Å². The molecule has 13 heteroatoms. The highest BCUT2D eigenvalue weighted by molar-refractivity contribution is 7.89. The molecular weight excluding hydrogens is 573 g/mol. The number of nitrogens with zero attached hydrogens (tertiary/aromatic N) is 7. The number of aliphatic hydroxyl groups excluding tert-OH is 1. The molecule has 2 aliphatic rings. The standard InChI is InChI=1S/C29H36N8O3S2/c1-5-36(6-2)42(39,40)23-10-18(3)9-20(12-23)28-32-24-14-26(30-15-25(24)41-28)33-27-11-19(4)31-29(34-27)37-17-21-13-22(37)16-35(21)7-8-38/h9-12,14-15,21-22,38H,5-8,13,16-17H2,1-4H3,(H,30,31,33,34)/t21-,22-/m0/s1. The molecule has 5 heterocycles. The van der Waals surface area contributed by atoms with Gasteiger partial charge in [0, 0.05) is 74.4 Å². The number of piperazine rings is 1. The number of hydrogen-bond acceptors (Lipinski definition) is 11. The second kappa shape index (κ2) is 11.5. The number of pyridine rings is 1. The number of aryl methyl sites for hydroxylation is 2. The van der Waals surface area contributed by atoms with Crippen LogP contribution in [-0.2, 0) is 10.0 Å². The highest BCUT2D eigenvalue weighted by Gasteiger charge is 2.44. The first kappa shape index (κ1) is 28.9. The number of sulfonamides is 1. The van der Waals surface area contributed by atoms with Gasteiger partial charge in [-0.25, -0.2) is 23.4 Å². The third-order valence-corrected chi connectivity index (χ3v) is 11.1. The van der Waals surface area contributed by atoms with Crippen LogP contribution in [0.1, 0.15) is 31.5 Å². The smallest absolute Gasteiger partial charge is 0.243 e. The Morgan fingerprint density at radius 1 is 1.02 bits per heavy atom. The zero-order valence-electron chi connectivity index (χ0n) is 24.3. The van der Waals surface area contributed by atoms with Gasteiger partial charge in [0.05, 0.1) is 21.7 Å². The molecular formula is C29H36N8O3S2. The van der Waals surface area contributed by atoms with E-state index in [4.69, 9.17) is 15.0 Å². The molecule has 0 aliphatic carbocycles. The molecule has 0 radical (unpaired) electrons.